The van der Waals surface area contributed by atoms with Gasteiger partial charge in [0.25, 0.3) is 0 Å². The number of benzene rings is 8. The van der Waals surface area contributed by atoms with Crippen LogP contribution in [0.2, 0.25) is 0 Å². The van der Waals surface area contributed by atoms with E-state index in [4.69, 9.17) is 9.97 Å². The molecular formula is C55H39N3. The normalized spacial score (nSPS) is 12.8. The van der Waals surface area contributed by atoms with Crippen LogP contribution in [0.15, 0.2) is 200 Å². The van der Waals surface area contributed by atoms with Gasteiger partial charge in [0.05, 0.1) is 22.4 Å². The molecule has 0 atom stereocenters. The predicted molar refractivity (Wildman–Crippen MR) is 241 cm³/mol. The zero-order valence-corrected chi connectivity index (χ0v) is 32.4. The molecule has 0 N–H and O–H groups in total. The van der Waals surface area contributed by atoms with Crippen molar-refractivity contribution in [3.8, 4) is 73.0 Å². The second kappa shape index (κ2) is 13.4. The van der Waals surface area contributed by atoms with E-state index in [0.29, 0.717) is 5.82 Å². The lowest BCUT2D eigenvalue weighted by Crippen LogP contribution is -2.14. The van der Waals surface area contributed by atoms with Gasteiger partial charge in [-0.25, -0.2) is 9.97 Å². The van der Waals surface area contributed by atoms with Crippen LogP contribution in [0.3, 0.4) is 0 Å². The minimum Gasteiger partial charge on any atom is -0.309 e. The second-order valence-electron chi connectivity index (χ2n) is 15.8. The van der Waals surface area contributed by atoms with Crippen LogP contribution in [0.5, 0.6) is 0 Å². The fraction of sp³-hybridized carbons (Fsp3) is 0.0545. The number of para-hydroxylation sites is 2. The van der Waals surface area contributed by atoms with E-state index in [2.05, 4.69) is 194 Å². The number of fused-ring (bicyclic) bond motifs is 6. The van der Waals surface area contributed by atoms with E-state index in [1.54, 1.807) is 0 Å². The summed E-state index contributed by atoms with van der Waals surface area (Å²) in [5.41, 5.74) is 18.5. The molecule has 1 aliphatic rings. The number of aromatic nitrogens is 3. The smallest absolute Gasteiger partial charge is 0.160 e. The lowest BCUT2D eigenvalue weighted by molar-refractivity contribution is 0.660. The van der Waals surface area contributed by atoms with Crippen LogP contribution in [0, 0.1) is 0 Å². The standard InChI is InChI=1S/C55H39N3/c1-55(2)47-29-13-12-25-44(47)52-42(26-16-30-48(52)55)40-22-14-21-38(33-40)39-31-32-51-46(34-39)43-27-15-28-45(53(43)58(51)41-23-10-5-11-24-41)50-35-49(36-17-6-3-7-18-36)56-54(57-50)37-19-8-4-9-20-37/h3-35H,1-2H3. The number of hydrogen-bond acceptors (Lipinski definition) is 2. The molecular weight excluding hydrogens is 703 g/mol. The Morgan fingerprint density at radius 2 is 0.983 bits per heavy atom. The molecule has 11 rings (SSSR count). The van der Waals surface area contributed by atoms with Crippen molar-refractivity contribution in [2.75, 3.05) is 0 Å². The SMILES string of the molecule is CC1(C)c2ccccc2-c2c(-c3cccc(-c4ccc5c(c4)c4cccc(-c6cc(-c7ccccc7)nc(-c7ccccc7)n6)c4n5-c4ccccc4)c3)cccc21. The number of nitrogens with zero attached hydrogens (tertiary/aromatic N) is 3. The predicted octanol–water partition coefficient (Wildman–Crippen LogP) is 14.2. The van der Waals surface area contributed by atoms with Crippen molar-refractivity contribution in [3.63, 3.8) is 0 Å². The van der Waals surface area contributed by atoms with Crippen molar-refractivity contribution in [2.45, 2.75) is 19.3 Å². The van der Waals surface area contributed by atoms with Gasteiger partial charge in [0, 0.05) is 38.6 Å². The summed E-state index contributed by atoms with van der Waals surface area (Å²) >= 11 is 0. The van der Waals surface area contributed by atoms with Gasteiger partial charge in [-0.15, -0.1) is 0 Å². The van der Waals surface area contributed by atoms with Gasteiger partial charge in [-0.05, 0) is 80.9 Å². The molecule has 0 saturated heterocycles. The maximum Gasteiger partial charge on any atom is 0.160 e. The van der Waals surface area contributed by atoms with Gasteiger partial charge < -0.3 is 4.57 Å². The minimum absolute atomic E-state index is 0.0472. The van der Waals surface area contributed by atoms with Gasteiger partial charge >= 0.3 is 0 Å². The largest absolute Gasteiger partial charge is 0.309 e. The molecule has 58 heavy (non-hydrogen) atoms. The lowest BCUT2D eigenvalue weighted by atomic mass is 9.82. The van der Waals surface area contributed by atoms with Crippen molar-refractivity contribution in [1.29, 1.82) is 0 Å². The Bertz CT molecular complexity index is 3120. The third-order valence-corrected chi connectivity index (χ3v) is 12.0. The topological polar surface area (TPSA) is 30.7 Å². The number of rotatable bonds is 6. The molecule has 0 saturated carbocycles. The fourth-order valence-corrected chi connectivity index (χ4v) is 9.22. The molecule has 2 heterocycles. The summed E-state index contributed by atoms with van der Waals surface area (Å²) < 4.78 is 2.40. The summed E-state index contributed by atoms with van der Waals surface area (Å²) in [7, 11) is 0. The second-order valence-corrected chi connectivity index (χ2v) is 15.8. The van der Waals surface area contributed by atoms with Gasteiger partial charge in [-0.2, -0.15) is 0 Å². The van der Waals surface area contributed by atoms with Crippen LogP contribution < -0.4 is 0 Å². The van der Waals surface area contributed by atoms with Gasteiger partial charge in [0.2, 0.25) is 0 Å². The molecule has 3 nitrogen and oxygen atoms in total. The van der Waals surface area contributed by atoms with Crippen LogP contribution >= 0.6 is 0 Å². The van der Waals surface area contributed by atoms with Gasteiger partial charge in [-0.3, -0.25) is 0 Å². The lowest BCUT2D eigenvalue weighted by Gasteiger charge is -2.21. The Kier molecular flexibility index (Phi) is 7.84. The monoisotopic (exact) mass is 741 g/mol. The first-order valence-corrected chi connectivity index (χ1v) is 20.0. The van der Waals surface area contributed by atoms with Crippen molar-refractivity contribution in [2.24, 2.45) is 0 Å². The minimum atomic E-state index is -0.0472. The van der Waals surface area contributed by atoms with Crippen molar-refractivity contribution < 1.29 is 0 Å². The van der Waals surface area contributed by atoms with E-state index in [9.17, 15) is 0 Å². The maximum absolute atomic E-state index is 5.28. The van der Waals surface area contributed by atoms with Crippen LogP contribution in [0.1, 0.15) is 25.0 Å². The van der Waals surface area contributed by atoms with Crippen LogP contribution in [0.4, 0.5) is 0 Å². The van der Waals surface area contributed by atoms with E-state index in [1.165, 1.54) is 55.3 Å². The third-order valence-electron chi connectivity index (χ3n) is 12.0. The van der Waals surface area contributed by atoms with Gasteiger partial charge in [0.1, 0.15) is 0 Å². The Morgan fingerprint density at radius 3 is 1.79 bits per heavy atom. The molecule has 0 fully saturated rings. The van der Waals surface area contributed by atoms with Crippen LogP contribution in [0.25, 0.3) is 94.8 Å². The molecule has 0 radical (unpaired) electrons. The molecule has 0 amide bonds. The third kappa shape index (κ3) is 5.43. The van der Waals surface area contributed by atoms with Gasteiger partial charge in [0.15, 0.2) is 5.82 Å². The molecule has 274 valence electrons. The summed E-state index contributed by atoms with van der Waals surface area (Å²) in [6.07, 6.45) is 0. The first-order valence-electron chi connectivity index (χ1n) is 20.0. The first-order chi connectivity index (χ1) is 28.5. The Hall–Kier alpha value is -7.36. The molecule has 8 aromatic carbocycles. The average molecular weight is 742 g/mol. The van der Waals surface area contributed by atoms with Crippen molar-refractivity contribution >= 4 is 21.8 Å². The Morgan fingerprint density at radius 1 is 0.397 bits per heavy atom. The summed E-state index contributed by atoms with van der Waals surface area (Å²) in [4.78, 5) is 10.4. The Balaban J connectivity index is 1.11. The Labute approximate surface area is 338 Å². The van der Waals surface area contributed by atoms with Crippen LogP contribution in [-0.2, 0) is 5.41 Å². The number of hydrogen-bond donors (Lipinski definition) is 0. The van der Waals surface area contributed by atoms with E-state index in [0.717, 1.165) is 44.8 Å². The van der Waals surface area contributed by atoms with E-state index < -0.39 is 0 Å². The first kappa shape index (κ1) is 33.9. The highest BCUT2D eigenvalue weighted by molar-refractivity contribution is 6.14. The summed E-state index contributed by atoms with van der Waals surface area (Å²) in [6.45, 7) is 4.69. The van der Waals surface area contributed by atoms with E-state index in [1.807, 2.05) is 24.3 Å². The zero-order valence-electron chi connectivity index (χ0n) is 32.4. The molecule has 10 aromatic rings. The van der Waals surface area contributed by atoms with Crippen molar-refractivity contribution in [1.82, 2.24) is 14.5 Å². The quantitative estimate of drug-likeness (QED) is 0.170. The zero-order chi connectivity index (χ0) is 38.8. The summed E-state index contributed by atoms with van der Waals surface area (Å²) in [6, 6.07) is 71.8. The molecule has 0 unspecified atom stereocenters. The van der Waals surface area contributed by atoms with Crippen LogP contribution in [-0.4, -0.2) is 14.5 Å². The fourth-order valence-electron chi connectivity index (χ4n) is 9.22. The van der Waals surface area contributed by atoms with E-state index >= 15 is 0 Å². The van der Waals surface area contributed by atoms with Gasteiger partial charge in [-0.1, -0.05) is 178 Å². The highest BCUT2D eigenvalue weighted by atomic mass is 15.0. The molecule has 2 aromatic heterocycles. The van der Waals surface area contributed by atoms with E-state index in [-0.39, 0.29) is 5.41 Å². The molecule has 3 heteroatoms. The molecule has 0 spiro atoms. The molecule has 1 aliphatic carbocycles. The van der Waals surface area contributed by atoms with Crippen molar-refractivity contribution in [3.05, 3.63) is 211 Å². The summed E-state index contributed by atoms with van der Waals surface area (Å²) in [5, 5.41) is 2.37. The summed E-state index contributed by atoms with van der Waals surface area (Å²) in [5.74, 6) is 0.703. The maximum atomic E-state index is 5.28. The average Bonchev–Trinajstić information content (AvgIpc) is 3.75. The highest BCUT2D eigenvalue weighted by Crippen LogP contribution is 2.52. The highest BCUT2D eigenvalue weighted by Gasteiger charge is 2.36. The molecule has 0 bridgehead atoms. The molecule has 0 aliphatic heterocycles.